The van der Waals surface area contributed by atoms with E-state index in [2.05, 4.69) is 67.6 Å². The summed E-state index contributed by atoms with van der Waals surface area (Å²) in [5, 5.41) is 4.94. The quantitative estimate of drug-likeness (QED) is 0.487. The van der Waals surface area contributed by atoms with Crippen molar-refractivity contribution in [1.29, 1.82) is 0 Å². The normalized spacial score (nSPS) is 10.7. The Hall–Kier alpha value is -3.13. The van der Waals surface area contributed by atoms with Gasteiger partial charge in [-0.25, -0.2) is 4.68 Å². The SMILES string of the molecule is Cc1c(-c2ccccc2)nn(-c2ccccc2)c1-c1ccccc1. The molecule has 1 aromatic heterocycles. The topological polar surface area (TPSA) is 17.8 Å². The third-order valence-electron chi connectivity index (χ3n) is 4.22. The summed E-state index contributed by atoms with van der Waals surface area (Å²) in [7, 11) is 0. The van der Waals surface area contributed by atoms with E-state index < -0.39 is 0 Å². The van der Waals surface area contributed by atoms with Crippen LogP contribution in [0.2, 0.25) is 0 Å². The van der Waals surface area contributed by atoms with Gasteiger partial charge in [0.15, 0.2) is 0 Å². The van der Waals surface area contributed by atoms with Crippen LogP contribution in [0.1, 0.15) is 5.56 Å². The van der Waals surface area contributed by atoms with Crippen LogP contribution >= 0.6 is 0 Å². The molecule has 0 aliphatic rings. The molecule has 2 heteroatoms. The first-order chi connectivity index (χ1) is 11.8. The van der Waals surface area contributed by atoms with E-state index in [1.807, 2.05) is 35.0 Å². The lowest BCUT2D eigenvalue weighted by Crippen LogP contribution is -1.99. The molecular weight excluding hydrogens is 292 g/mol. The number of nitrogens with zero attached hydrogens (tertiary/aromatic N) is 2. The zero-order valence-electron chi connectivity index (χ0n) is 13.6. The number of hydrogen-bond donors (Lipinski definition) is 0. The second-order valence-corrected chi connectivity index (χ2v) is 5.80. The Morgan fingerprint density at radius 3 is 1.71 bits per heavy atom. The molecule has 24 heavy (non-hydrogen) atoms. The molecule has 0 amide bonds. The predicted molar refractivity (Wildman–Crippen MR) is 99.2 cm³/mol. The summed E-state index contributed by atoms with van der Waals surface area (Å²) >= 11 is 0. The summed E-state index contributed by atoms with van der Waals surface area (Å²) in [5.41, 5.74) is 6.74. The highest BCUT2D eigenvalue weighted by molar-refractivity contribution is 5.75. The molecule has 2 nitrogen and oxygen atoms in total. The van der Waals surface area contributed by atoms with E-state index in [1.54, 1.807) is 0 Å². The average Bonchev–Trinajstić information content (AvgIpc) is 3.01. The molecule has 0 unspecified atom stereocenters. The fourth-order valence-electron chi connectivity index (χ4n) is 3.06. The molecular formula is C22H18N2. The molecule has 4 aromatic rings. The van der Waals surface area contributed by atoms with Crippen molar-refractivity contribution in [3.8, 4) is 28.2 Å². The van der Waals surface area contributed by atoms with E-state index >= 15 is 0 Å². The van der Waals surface area contributed by atoms with Crippen molar-refractivity contribution in [2.75, 3.05) is 0 Å². The summed E-state index contributed by atoms with van der Waals surface area (Å²) in [6.45, 7) is 2.15. The van der Waals surface area contributed by atoms with Gasteiger partial charge in [-0.3, -0.25) is 0 Å². The Morgan fingerprint density at radius 1 is 0.625 bits per heavy atom. The van der Waals surface area contributed by atoms with E-state index in [0.29, 0.717) is 0 Å². The zero-order chi connectivity index (χ0) is 16.4. The zero-order valence-corrected chi connectivity index (χ0v) is 13.6. The van der Waals surface area contributed by atoms with Gasteiger partial charge in [-0.1, -0.05) is 78.9 Å². The van der Waals surface area contributed by atoms with E-state index in [4.69, 9.17) is 5.10 Å². The minimum absolute atomic E-state index is 1.03. The number of hydrogen-bond acceptors (Lipinski definition) is 1. The highest BCUT2D eigenvalue weighted by atomic mass is 15.3. The van der Waals surface area contributed by atoms with Crippen molar-refractivity contribution in [3.63, 3.8) is 0 Å². The smallest absolute Gasteiger partial charge is 0.0963 e. The first-order valence-corrected chi connectivity index (χ1v) is 8.10. The molecule has 0 fully saturated rings. The monoisotopic (exact) mass is 310 g/mol. The van der Waals surface area contributed by atoms with Crippen LogP contribution in [0, 0.1) is 6.92 Å². The Kier molecular flexibility index (Phi) is 3.72. The highest BCUT2D eigenvalue weighted by Gasteiger charge is 2.18. The molecule has 4 rings (SSSR count). The van der Waals surface area contributed by atoms with Gasteiger partial charge in [-0.15, -0.1) is 0 Å². The van der Waals surface area contributed by atoms with Gasteiger partial charge in [-0.05, 0) is 19.1 Å². The molecule has 3 aromatic carbocycles. The van der Waals surface area contributed by atoms with Crippen LogP contribution in [-0.2, 0) is 0 Å². The summed E-state index contributed by atoms with van der Waals surface area (Å²) in [4.78, 5) is 0. The molecule has 0 spiro atoms. The number of benzene rings is 3. The van der Waals surface area contributed by atoms with Crippen LogP contribution in [0.3, 0.4) is 0 Å². The lowest BCUT2D eigenvalue weighted by Gasteiger charge is -2.08. The van der Waals surface area contributed by atoms with Crippen LogP contribution in [0.5, 0.6) is 0 Å². The summed E-state index contributed by atoms with van der Waals surface area (Å²) < 4.78 is 2.05. The summed E-state index contributed by atoms with van der Waals surface area (Å²) in [5.74, 6) is 0. The van der Waals surface area contributed by atoms with Crippen molar-refractivity contribution in [1.82, 2.24) is 9.78 Å². The lowest BCUT2D eigenvalue weighted by atomic mass is 10.0. The third-order valence-corrected chi connectivity index (χ3v) is 4.22. The first-order valence-electron chi connectivity index (χ1n) is 8.10. The number of rotatable bonds is 3. The van der Waals surface area contributed by atoms with E-state index in [-0.39, 0.29) is 0 Å². The van der Waals surface area contributed by atoms with Gasteiger partial charge in [0.25, 0.3) is 0 Å². The molecule has 0 atom stereocenters. The summed E-state index contributed by atoms with van der Waals surface area (Å²) in [6.07, 6.45) is 0. The Morgan fingerprint density at radius 2 is 1.12 bits per heavy atom. The van der Waals surface area contributed by atoms with Crippen LogP contribution in [-0.4, -0.2) is 9.78 Å². The van der Waals surface area contributed by atoms with Crippen LogP contribution < -0.4 is 0 Å². The lowest BCUT2D eigenvalue weighted by molar-refractivity contribution is 0.891. The van der Waals surface area contributed by atoms with Gasteiger partial charge in [0.1, 0.15) is 0 Å². The second kappa shape index (κ2) is 6.17. The van der Waals surface area contributed by atoms with Gasteiger partial charge in [-0.2, -0.15) is 5.10 Å². The van der Waals surface area contributed by atoms with Crippen molar-refractivity contribution in [2.45, 2.75) is 6.92 Å². The Labute approximate surface area is 142 Å². The molecule has 0 saturated carbocycles. The molecule has 116 valence electrons. The van der Waals surface area contributed by atoms with Crippen LogP contribution in [0.4, 0.5) is 0 Å². The van der Waals surface area contributed by atoms with Crippen LogP contribution in [0.25, 0.3) is 28.2 Å². The highest BCUT2D eigenvalue weighted by Crippen LogP contribution is 2.33. The molecule has 1 heterocycles. The van der Waals surface area contributed by atoms with Crippen molar-refractivity contribution < 1.29 is 0 Å². The van der Waals surface area contributed by atoms with Crippen LogP contribution in [0.15, 0.2) is 91.0 Å². The fraction of sp³-hybridized carbons (Fsp3) is 0.0455. The largest absolute Gasteiger partial charge is 0.232 e. The average molecular weight is 310 g/mol. The van der Waals surface area contributed by atoms with Gasteiger partial charge < -0.3 is 0 Å². The Balaban J connectivity index is 1.99. The predicted octanol–water partition coefficient (Wildman–Crippen LogP) is 5.51. The van der Waals surface area contributed by atoms with Gasteiger partial charge in [0.2, 0.25) is 0 Å². The van der Waals surface area contributed by atoms with E-state index in [0.717, 1.165) is 22.6 Å². The van der Waals surface area contributed by atoms with Crippen molar-refractivity contribution in [2.24, 2.45) is 0 Å². The minimum atomic E-state index is 1.03. The molecule has 0 bridgehead atoms. The van der Waals surface area contributed by atoms with Crippen molar-refractivity contribution in [3.05, 3.63) is 96.6 Å². The molecule has 0 radical (unpaired) electrons. The maximum Gasteiger partial charge on any atom is 0.0963 e. The summed E-state index contributed by atoms with van der Waals surface area (Å²) in [6, 6.07) is 31.1. The minimum Gasteiger partial charge on any atom is -0.232 e. The van der Waals surface area contributed by atoms with Gasteiger partial charge in [0.05, 0.1) is 17.1 Å². The number of aromatic nitrogens is 2. The molecule has 0 aliphatic heterocycles. The molecule has 0 aliphatic carbocycles. The third kappa shape index (κ3) is 2.52. The maximum absolute atomic E-state index is 4.94. The molecule has 0 N–H and O–H groups in total. The molecule has 0 saturated heterocycles. The maximum atomic E-state index is 4.94. The van der Waals surface area contributed by atoms with Crippen molar-refractivity contribution >= 4 is 0 Å². The fourth-order valence-corrected chi connectivity index (χ4v) is 3.06. The second-order valence-electron chi connectivity index (χ2n) is 5.80. The standard InChI is InChI=1S/C22H18N2/c1-17-21(18-11-5-2-6-12-18)23-24(20-15-9-4-10-16-20)22(17)19-13-7-3-8-14-19/h2-16H,1H3. The first kappa shape index (κ1) is 14.5. The van der Waals surface area contributed by atoms with Gasteiger partial charge >= 0.3 is 0 Å². The van der Waals surface area contributed by atoms with E-state index in [1.165, 1.54) is 11.1 Å². The van der Waals surface area contributed by atoms with E-state index in [9.17, 15) is 0 Å². The Bertz CT molecular complexity index is 939. The number of para-hydroxylation sites is 1. The van der Waals surface area contributed by atoms with Gasteiger partial charge in [0, 0.05) is 16.7 Å².